The average Bonchev–Trinajstić information content (AvgIpc) is 3.96. The molecular weight excluding hydrogens is 628 g/mol. The van der Waals surface area contributed by atoms with Crippen molar-refractivity contribution in [3.05, 3.63) is 78.2 Å². The topological polar surface area (TPSA) is 139 Å². The van der Waals surface area contributed by atoms with Crippen molar-refractivity contribution in [2.24, 2.45) is 29.4 Å². The predicted octanol–water partition coefficient (Wildman–Crippen LogP) is 4.94. The Morgan fingerprint density at radius 3 is 2.40 bits per heavy atom. The molecule has 2 saturated carbocycles. The molecular formula is C40H52N6O4. The summed E-state index contributed by atoms with van der Waals surface area (Å²) in [5.74, 6) is -0.155. The van der Waals surface area contributed by atoms with Crippen molar-refractivity contribution < 1.29 is 19.2 Å². The third-order valence-corrected chi connectivity index (χ3v) is 10.9. The number of hydrogen-bond donors (Lipinski definition) is 3. The number of unbranched alkanes of at least 4 members (excludes halogenated alkanes) is 3. The third kappa shape index (κ3) is 8.70. The molecule has 2 aromatic carbocycles. The minimum atomic E-state index is -0.683. The number of Topliss-reactive ketones (excluding diaryl/α,β-unsaturated/α-hetero) is 1. The molecule has 7 atom stereocenters. The van der Waals surface area contributed by atoms with E-state index in [-0.39, 0.29) is 48.6 Å². The predicted molar refractivity (Wildman–Crippen MR) is 193 cm³/mol. The van der Waals surface area contributed by atoms with Gasteiger partial charge >= 0.3 is 0 Å². The first kappa shape index (κ1) is 35.5. The Morgan fingerprint density at radius 1 is 0.920 bits per heavy atom. The second kappa shape index (κ2) is 16.1. The molecule has 266 valence electrons. The number of aromatic nitrogens is 2. The zero-order valence-corrected chi connectivity index (χ0v) is 29.4. The van der Waals surface area contributed by atoms with Gasteiger partial charge in [0.15, 0.2) is 0 Å². The molecule has 1 aliphatic heterocycles. The maximum Gasteiger partial charge on any atom is 0.253 e. The lowest BCUT2D eigenvalue weighted by Gasteiger charge is -2.17. The molecule has 3 aliphatic rings. The second-order valence-corrected chi connectivity index (χ2v) is 14.6. The molecule has 2 unspecified atom stereocenters. The van der Waals surface area contributed by atoms with E-state index in [2.05, 4.69) is 41.6 Å². The van der Waals surface area contributed by atoms with Crippen molar-refractivity contribution in [2.45, 2.75) is 89.8 Å². The molecule has 0 radical (unpaired) electrons. The van der Waals surface area contributed by atoms with Gasteiger partial charge in [0.25, 0.3) is 5.91 Å². The van der Waals surface area contributed by atoms with E-state index in [9.17, 15) is 19.2 Å². The van der Waals surface area contributed by atoms with Gasteiger partial charge in [-0.3, -0.25) is 19.2 Å². The van der Waals surface area contributed by atoms with Gasteiger partial charge in [-0.25, -0.2) is 4.98 Å². The highest BCUT2D eigenvalue weighted by Gasteiger charge is 2.48. The normalized spacial score (nSPS) is 24.4. The molecule has 10 nitrogen and oxygen atoms in total. The first-order chi connectivity index (χ1) is 24.2. The molecule has 0 bridgehead atoms. The minimum Gasteiger partial charge on any atom is -0.355 e. The maximum atomic E-state index is 13.8. The van der Waals surface area contributed by atoms with Crippen LogP contribution in [0.1, 0.15) is 87.1 Å². The number of likely N-dealkylation sites (tertiary alicyclic amines) is 1. The Balaban J connectivity index is 1.06. The number of nitrogens with two attached hydrogens (primary N) is 1. The van der Waals surface area contributed by atoms with Gasteiger partial charge in [-0.15, -0.1) is 0 Å². The Morgan fingerprint density at radius 2 is 1.68 bits per heavy atom. The molecule has 1 saturated heterocycles. The van der Waals surface area contributed by atoms with Gasteiger partial charge < -0.3 is 25.8 Å². The number of nitrogens with one attached hydrogen (secondary N) is 2. The molecule has 0 spiro atoms. The van der Waals surface area contributed by atoms with Crippen LogP contribution in [0.3, 0.4) is 0 Å². The highest BCUT2D eigenvalue weighted by molar-refractivity contribution is 5.97. The standard InChI is InChI=1S/C40H52N6O4/c1-3-5-6-10-17-42-39(49)34(41)23-45-24-36(43-25-45)28-13-15-29(16-14-28)40(50)46-21-32(37(47)19-30-18-26(30)4-2)33(22-46)38(48)44-35-20-31(35)27-11-8-7-9-12-27/h7-9,11-16,24-26,30-35H,3-6,10,17-23,41H2,1-2H3,(H,42,49)(H,44,48)/t26-,30?,31+,32+,33+,34?,35-/m0/s1. The first-order valence-electron chi connectivity index (χ1n) is 18.6. The monoisotopic (exact) mass is 680 g/mol. The molecule has 1 aromatic heterocycles. The van der Waals surface area contributed by atoms with E-state index in [4.69, 9.17) is 5.73 Å². The molecule has 10 heteroatoms. The van der Waals surface area contributed by atoms with E-state index in [1.54, 1.807) is 27.9 Å². The quantitative estimate of drug-likeness (QED) is 0.173. The van der Waals surface area contributed by atoms with Crippen molar-refractivity contribution >= 4 is 23.5 Å². The fraction of sp³-hybridized carbons (Fsp3) is 0.525. The van der Waals surface area contributed by atoms with Gasteiger partial charge in [0.2, 0.25) is 11.8 Å². The zero-order chi connectivity index (χ0) is 35.2. The molecule has 6 rings (SSSR count). The summed E-state index contributed by atoms with van der Waals surface area (Å²) in [5, 5.41) is 6.13. The maximum absolute atomic E-state index is 13.8. The number of carbonyl (C=O) groups excluding carboxylic acids is 4. The van der Waals surface area contributed by atoms with Crippen molar-refractivity contribution in [3.63, 3.8) is 0 Å². The molecule has 50 heavy (non-hydrogen) atoms. The number of hydrogen-bond acceptors (Lipinski definition) is 6. The van der Waals surface area contributed by atoms with E-state index >= 15 is 0 Å². The lowest BCUT2D eigenvalue weighted by atomic mass is 9.88. The molecule has 4 N–H and O–H groups in total. The minimum absolute atomic E-state index is 0.0579. The van der Waals surface area contributed by atoms with Crippen molar-refractivity contribution in [1.82, 2.24) is 25.1 Å². The van der Waals surface area contributed by atoms with E-state index in [1.165, 1.54) is 5.56 Å². The van der Waals surface area contributed by atoms with Crippen LogP contribution >= 0.6 is 0 Å². The number of amides is 3. The Bertz CT molecular complexity index is 1640. The summed E-state index contributed by atoms with van der Waals surface area (Å²) < 4.78 is 1.80. The fourth-order valence-electron chi connectivity index (χ4n) is 7.52. The van der Waals surface area contributed by atoms with E-state index in [1.807, 2.05) is 36.5 Å². The zero-order valence-electron chi connectivity index (χ0n) is 29.4. The number of ketones is 1. The van der Waals surface area contributed by atoms with Crippen molar-refractivity contribution in [3.8, 4) is 11.3 Å². The van der Waals surface area contributed by atoms with Crippen LogP contribution in [0.25, 0.3) is 11.3 Å². The molecule has 3 fully saturated rings. The summed E-state index contributed by atoms with van der Waals surface area (Å²) in [7, 11) is 0. The van der Waals surface area contributed by atoms with Crippen LogP contribution in [0, 0.1) is 23.7 Å². The summed E-state index contributed by atoms with van der Waals surface area (Å²) in [6, 6.07) is 16.8. The number of imidazole rings is 1. The average molecular weight is 681 g/mol. The summed E-state index contributed by atoms with van der Waals surface area (Å²) in [6.07, 6.45) is 11.4. The lowest BCUT2D eigenvalue weighted by molar-refractivity contribution is -0.132. The Hall–Kier alpha value is -4.31. The number of carbonyl (C=O) groups is 4. The van der Waals surface area contributed by atoms with Crippen LogP contribution < -0.4 is 16.4 Å². The highest BCUT2D eigenvalue weighted by atomic mass is 16.2. The van der Waals surface area contributed by atoms with Crippen molar-refractivity contribution in [1.29, 1.82) is 0 Å². The highest BCUT2D eigenvalue weighted by Crippen LogP contribution is 2.45. The van der Waals surface area contributed by atoms with E-state index in [0.29, 0.717) is 42.6 Å². The number of nitrogens with zero attached hydrogens (tertiary/aromatic N) is 3. The van der Waals surface area contributed by atoms with Crippen LogP contribution in [-0.2, 0) is 20.9 Å². The summed E-state index contributed by atoms with van der Waals surface area (Å²) in [6.45, 7) is 5.73. The van der Waals surface area contributed by atoms with Crippen LogP contribution in [0.5, 0.6) is 0 Å². The Kier molecular flexibility index (Phi) is 11.5. The van der Waals surface area contributed by atoms with Crippen LogP contribution in [0.4, 0.5) is 0 Å². The van der Waals surface area contributed by atoms with Gasteiger partial charge in [0.1, 0.15) is 11.8 Å². The SMILES string of the molecule is CCCCCCNC(=O)C(N)Cn1cnc(-c2ccc(C(=O)N3C[C@@H](C(=O)CC4C[C@@H]4CC)[C@H](C(=O)N[C@H]4C[C@@H]4c4ccccc4)C3)cc2)c1. The lowest BCUT2D eigenvalue weighted by Crippen LogP contribution is -2.43. The van der Waals surface area contributed by atoms with Crippen molar-refractivity contribution in [2.75, 3.05) is 19.6 Å². The fourth-order valence-corrected chi connectivity index (χ4v) is 7.52. The molecule has 3 aromatic rings. The largest absolute Gasteiger partial charge is 0.355 e. The first-order valence-corrected chi connectivity index (χ1v) is 18.6. The molecule has 2 aliphatic carbocycles. The van der Waals surface area contributed by atoms with Crippen LogP contribution in [0.15, 0.2) is 67.1 Å². The third-order valence-electron chi connectivity index (χ3n) is 10.9. The van der Waals surface area contributed by atoms with Gasteiger partial charge in [-0.1, -0.05) is 82.0 Å². The summed E-state index contributed by atoms with van der Waals surface area (Å²) in [4.78, 5) is 59.6. The molecule has 2 heterocycles. The molecule has 3 amide bonds. The second-order valence-electron chi connectivity index (χ2n) is 14.6. The van der Waals surface area contributed by atoms with Gasteiger partial charge in [0, 0.05) is 67.8 Å². The van der Waals surface area contributed by atoms with Crippen LogP contribution in [-0.4, -0.2) is 69.7 Å². The number of rotatable bonds is 17. The summed E-state index contributed by atoms with van der Waals surface area (Å²) in [5.41, 5.74) is 9.40. The van der Waals surface area contributed by atoms with Gasteiger partial charge in [0.05, 0.1) is 17.9 Å². The smallest absolute Gasteiger partial charge is 0.253 e. The van der Waals surface area contributed by atoms with E-state index in [0.717, 1.165) is 50.5 Å². The van der Waals surface area contributed by atoms with Gasteiger partial charge in [-0.05, 0) is 48.8 Å². The number of benzene rings is 2. The van der Waals surface area contributed by atoms with Gasteiger partial charge in [-0.2, -0.15) is 0 Å². The van der Waals surface area contributed by atoms with E-state index < -0.39 is 17.9 Å². The summed E-state index contributed by atoms with van der Waals surface area (Å²) >= 11 is 0. The van der Waals surface area contributed by atoms with Crippen LogP contribution in [0.2, 0.25) is 0 Å². The Labute approximate surface area is 295 Å².